The maximum absolute atomic E-state index is 5.84. The van der Waals surface area contributed by atoms with Crippen molar-refractivity contribution >= 4 is 29.9 Å². The number of thioether (sulfide) groups is 1. The summed E-state index contributed by atoms with van der Waals surface area (Å²) in [5.41, 5.74) is 1.45. The Morgan fingerprint density at radius 2 is 1.79 bits per heavy atom. The fraction of sp³-hybridized carbons (Fsp3) is 0.211. The summed E-state index contributed by atoms with van der Waals surface area (Å²) < 4.78 is 16.1. The summed E-state index contributed by atoms with van der Waals surface area (Å²) in [5, 5.41) is 0. The molecule has 2 rings (SSSR count). The Balaban J connectivity index is 2.05. The number of methoxy groups -OCH3 is 2. The predicted octanol–water partition coefficient (Wildman–Crippen LogP) is 4.82. The Kier molecular flexibility index (Phi) is 6.90. The maximum atomic E-state index is 5.84. The summed E-state index contributed by atoms with van der Waals surface area (Å²) in [4.78, 5) is 5.18. The molecule has 0 radical (unpaired) electrons. The lowest BCUT2D eigenvalue weighted by molar-refractivity contribution is 0.218. The molecule has 0 aliphatic heterocycles. The van der Waals surface area contributed by atoms with E-state index < -0.39 is 0 Å². The highest BCUT2D eigenvalue weighted by molar-refractivity contribution is 7.99. The highest BCUT2D eigenvalue weighted by Gasteiger charge is 2.09. The van der Waals surface area contributed by atoms with Crippen LogP contribution < -0.4 is 9.47 Å². The second kappa shape index (κ2) is 9.15. The Labute approximate surface area is 147 Å². The Morgan fingerprint density at radius 1 is 1.08 bits per heavy atom. The molecule has 0 aliphatic rings. The average Bonchev–Trinajstić information content (AvgIpc) is 2.62. The van der Waals surface area contributed by atoms with Gasteiger partial charge in [0, 0.05) is 29.4 Å². The number of aliphatic imine (C=N–C) groups is 1. The van der Waals surface area contributed by atoms with Crippen LogP contribution in [0.5, 0.6) is 11.5 Å². The lowest BCUT2D eigenvalue weighted by Gasteiger charge is -2.12. The molecule has 24 heavy (non-hydrogen) atoms. The molecule has 0 aromatic heterocycles. The molecule has 0 N–H and O–H groups in total. The van der Waals surface area contributed by atoms with Gasteiger partial charge < -0.3 is 14.2 Å². The van der Waals surface area contributed by atoms with Gasteiger partial charge in [0.2, 0.25) is 0 Å². The number of rotatable bonds is 9. The van der Waals surface area contributed by atoms with Crippen LogP contribution in [-0.4, -0.2) is 33.3 Å². The smallest absolute Gasteiger partial charge is 0.129 e. The van der Waals surface area contributed by atoms with Crippen molar-refractivity contribution in [3.05, 3.63) is 54.6 Å². The largest absolute Gasteiger partial charge is 0.497 e. The Bertz CT molecular complexity index is 698. The molecule has 0 saturated heterocycles. The predicted molar refractivity (Wildman–Crippen MR) is 101 cm³/mol. The molecule has 0 unspecified atom stereocenters. The zero-order chi connectivity index (χ0) is 17.4. The summed E-state index contributed by atoms with van der Waals surface area (Å²) in [5.74, 6) is 2.87. The van der Waals surface area contributed by atoms with Crippen LogP contribution in [0.3, 0.4) is 0 Å². The standard InChI is InChI=1S/C19H21NO3S/c1-14(18-10-7-16(22-4)13-19(18)20-2)23-15-5-8-17(9-6-15)24-12-11-21-3/h5-10,13H,1-2,11-12H2,3-4H3. The van der Waals surface area contributed by atoms with E-state index in [4.69, 9.17) is 14.2 Å². The monoisotopic (exact) mass is 343 g/mol. The molecule has 0 heterocycles. The van der Waals surface area contributed by atoms with Gasteiger partial charge in [-0.1, -0.05) is 6.58 Å². The Hall–Kier alpha value is -2.24. The Morgan fingerprint density at radius 3 is 2.42 bits per heavy atom. The number of hydrogen-bond donors (Lipinski definition) is 0. The number of nitrogens with zero attached hydrogens (tertiary/aromatic N) is 1. The third-order valence-electron chi connectivity index (χ3n) is 3.30. The zero-order valence-electron chi connectivity index (χ0n) is 14.0. The van der Waals surface area contributed by atoms with Crippen molar-refractivity contribution in [2.24, 2.45) is 4.99 Å². The van der Waals surface area contributed by atoms with Crippen molar-refractivity contribution < 1.29 is 14.2 Å². The summed E-state index contributed by atoms with van der Waals surface area (Å²) in [6.07, 6.45) is 0. The molecule has 0 fully saturated rings. The van der Waals surface area contributed by atoms with Crippen molar-refractivity contribution in [1.82, 2.24) is 0 Å². The van der Waals surface area contributed by atoms with Gasteiger partial charge in [0.05, 0.1) is 19.4 Å². The third-order valence-corrected chi connectivity index (χ3v) is 4.27. The highest BCUT2D eigenvalue weighted by Crippen LogP contribution is 2.31. The van der Waals surface area contributed by atoms with Crippen LogP contribution in [0.1, 0.15) is 5.56 Å². The van der Waals surface area contributed by atoms with Crippen molar-refractivity contribution in [1.29, 1.82) is 0 Å². The first kappa shape index (κ1) is 18.1. The zero-order valence-corrected chi connectivity index (χ0v) is 14.8. The van der Waals surface area contributed by atoms with Crippen molar-refractivity contribution in [2.75, 3.05) is 26.6 Å². The molecule has 0 amide bonds. The van der Waals surface area contributed by atoms with Gasteiger partial charge in [-0.15, -0.1) is 11.8 Å². The topological polar surface area (TPSA) is 40.0 Å². The average molecular weight is 343 g/mol. The van der Waals surface area contributed by atoms with Gasteiger partial charge in [-0.3, -0.25) is 4.99 Å². The first-order valence-electron chi connectivity index (χ1n) is 7.41. The van der Waals surface area contributed by atoms with E-state index in [1.54, 1.807) is 32.0 Å². The molecule has 2 aromatic rings. The minimum atomic E-state index is 0.514. The number of ether oxygens (including phenoxy) is 3. The molecule has 126 valence electrons. The summed E-state index contributed by atoms with van der Waals surface area (Å²) in [7, 11) is 3.31. The third kappa shape index (κ3) is 4.88. The van der Waals surface area contributed by atoms with Crippen LogP contribution in [0.15, 0.2) is 58.9 Å². The van der Waals surface area contributed by atoms with E-state index in [0.717, 1.165) is 23.7 Å². The highest BCUT2D eigenvalue weighted by atomic mass is 32.2. The second-order valence-electron chi connectivity index (χ2n) is 4.88. The van der Waals surface area contributed by atoms with Gasteiger partial charge in [0.15, 0.2) is 0 Å². The quantitative estimate of drug-likeness (QED) is 0.283. The van der Waals surface area contributed by atoms with Gasteiger partial charge in [-0.05, 0) is 43.1 Å². The lowest BCUT2D eigenvalue weighted by atomic mass is 10.1. The van der Waals surface area contributed by atoms with Crippen LogP contribution in [0.4, 0.5) is 5.69 Å². The van der Waals surface area contributed by atoms with E-state index in [-0.39, 0.29) is 0 Å². The number of benzene rings is 2. The molecule has 2 aromatic carbocycles. The first-order valence-corrected chi connectivity index (χ1v) is 8.40. The van der Waals surface area contributed by atoms with E-state index in [9.17, 15) is 0 Å². The van der Waals surface area contributed by atoms with Gasteiger partial charge in [-0.25, -0.2) is 0 Å². The second-order valence-corrected chi connectivity index (χ2v) is 6.05. The fourth-order valence-electron chi connectivity index (χ4n) is 2.05. The molecule has 0 saturated carbocycles. The molecule has 0 aliphatic carbocycles. The molecule has 4 nitrogen and oxygen atoms in total. The molecule has 0 atom stereocenters. The van der Waals surface area contributed by atoms with Crippen LogP contribution in [0.25, 0.3) is 5.76 Å². The summed E-state index contributed by atoms with van der Waals surface area (Å²) >= 11 is 1.74. The lowest BCUT2D eigenvalue weighted by Crippen LogP contribution is -1.95. The fourth-order valence-corrected chi connectivity index (χ4v) is 2.86. The molecule has 5 heteroatoms. The maximum Gasteiger partial charge on any atom is 0.129 e. The van der Waals surface area contributed by atoms with Gasteiger partial charge in [0.1, 0.15) is 17.3 Å². The SMILES string of the molecule is C=Nc1cc(OC)ccc1C(=C)Oc1ccc(SCCOC)cc1. The van der Waals surface area contributed by atoms with Crippen LogP contribution in [0.2, 0.25) is 0 Å². The summed E-state index contributed by atoms with van der Waals surface area (Å²) in [6.45, 7) is 8.31. The molecular weight excluding hydrogens is 322 g/mol. The first-order chi connectivity index (χ1) is 11.7. The van der Waals surface area contributed by atoms with E-state index in [1.165, 1.54) is 4.90 Å². The summed E-state index contributed by atoms with van der Waals surface area (Å²) in [6, 6.07) is 13.4. The van der Waals surface area contributed by atoms with E-state index in [2.05, 4.69) is 18.3 Å². The van der Waals surface area contributed by atoms with E-state index in [0.29, 0.717) is 17.2 Å². The molecule has 0 spiro atoms. The van der Waals surface area contributed by atoms with Crippen molar-refractivity contribution in [3.8, 4) is 11.5 Å². The van der Waals surface area contributed by atoms with Gasteiger partial charge in [0.25, 0.3) is 0 Å². The van der Waals surface area contributed by atoms with Gasteiger partial charge >= 0.3 is 0 Å². The minimum absolute atomic E-state index is 0.514. The molecular formula is C19H21NO3S. The normalized spacial score (nSPS) is 10.2. The van der Waals surface area contributed by atoms with Crippen molar-refractivity contribution in [2.45, 2.75) is 4.90 Å². The molecule has 0 bridgehead atoms. The van der Waals surface area contributed by atoms with Crippen LogP contribution in [-0.2, 0) is 4.74 Å². The minimum Gasteiger partial charge on any atom is -0.497 e. The van der Waals surface area contributed by atoms with Crippen LogP contribution >= 0.6 is 11.8 Å². The number of hydrogen-bond acceptors (Lipinski definition) is 5. The van der Waals surface area contributed by atoms with E-state index >= 15 is 0 Å². The van der Waals surface area contributed by atoms with Crippen molar-refractivity contribution in [3.63, 3.8) is 0 Å². The van der Waals surface area contributed by atoms with E-state index in [1.807, 2.05) is 36.4 Å². The van der Waals surface area contributed by atoms with Gasteiger partial charge in [-0.2, -0.15) is 0 Å². The van der Waals surface area contributed by atoms with Crippen LogP contribution in [0, 0.1) is 0 Å².